The second kappa shape index (κ2) is 7.69. The number of benzene rings is 1. The van der Waals surface area contributed by atoms with E-state index < -0.39 is 0 Å². The molecule has 0 aliphatic carbocycles. The van der Waals surface area contributed by atoms with Gasteiger partial charge in [0.05, 0.1) is 11.9 Å². The number of hydrogen-bond acceptors (Lipinski definition) is 5. The molecule has 0 fully saturated rings. The maximum Gasteiger partial charge on any atom is 0.246 e. The Morgan fingerprint density at radius 2 is 1.78 bits per heavy atom. The van der Waals surface area contributed by atoms with Gasteiger partial charge >= 0.3 is 0 Å². The Morgan fingerprint density at radius 1 is 1.07 bits per heavy atom. The molecule has 27 heavy (non-hydrogen) atoms. The molecule has 2 aromatic rings. The van der Waals surface area contributed by atoms with Gasteiger partial charge in [-0.3, -0.25) is 14.3 Å². The maximum atomic E-state index is 12.2. The molecule has 1 aromatic heterocycles. The van der Waals surface area contributed by atoms with Gasteiger partial charge in [0.2, 0.25) is 11.8 Å². The second-order valence-electron chi connectivity index (χ2n) is 7.62. The molecule has 0 atom stereocenters. The summed E-state index contributed by atoms with van der Waals surface area (Å²) in [5.74, 6) is 0.967. The summed E-state index contributed by atoms with van der Waals surface area (Å²) in [5.41, 5.74) is 1.09. The van der Waals surface area contributed by atoms with Crippen LogP contribution in [0, 0.1) is 5.41 Å². The topological polar surface area (TPSA) is 94.5 Å². The number of fused-ring (bicyclic) bond motifs is 1. The summed E-state index contributed by atoms with van der Waals surface area (Å²) < 4.78 is 12.4. The Bertz CT molecular complexity index is 838. The standard InChI is InChI=1S/C19H24N4O4/c1-19(2,3)9-17(24)22-14-10-20-23(11-14)12-18(25)21-13-4-5-15-16(8-13)27-7-6-26-15/h4-5,8,10-11H,6-7,9,12H2,1-3H3,(H,21,25)(H,22,24). The van der Waals surface area contributed by atoms with Crippen molar-refractivity contribution >= 4 is 23.2 Å². The summed E-state index contributed by atoms with van der Waals surface area (Å²) >= 11 is 0. The quantitative estimate of drug-likeness (QED) is 0.841. The normalized spacial score (nSPS) is 13.1. The minimum atomic E-state index is -0.234. The van der Waals surface area contributed by atoms with E-state index in [1.807, 2.05) is 20.8 Å². The van der Waals surface area contributed by atoms with E-state index in [-0.39, 0.29) is 23.8 Å². The molecule has 2 N–H and O–H groups in total. The summed E-state index contributed by atoms with van der Waals surface area (Å²) in [6.07, 6.45) is 3.56. The van der Waals surface area contributed by atoms with E-state index in [4.69, 9.17) is 9.47 Å². The van der Waals surface area contributed by atoms with Crippen molar-refractivity contribution in [3.8, 4) is 11.5 Å². The number of ether oxygens (including phenoxy) is 2. The summed E-state index contributed by atoms with van der Waals surface area (Å²) in [5, 5.41) is 9.70. The van der Waals surface area contributed by atoms with Crippen LogP contribution in [-0.4, -0.2) is 34.8 Å². The van der Waals surface area contributed by atoms with Crippen molar-refractivity contribution in [2.24, 2.45) is 5.41 Å². The molecule has 144 valence electrons. The van der Waals surface area contributed by atoms with E-state index >= 15 is 0 Å². The molecule has 0 saturated heterocycles. The van der Waals surface area contributed by atoms with Crippen LogP contribution in [0.15, 0.2) is 30.6 Å². The smallest absolute Gasteiger partial charge is 0.246 e. The van der Waals surface area contributed by atoms with Crippen LogP contribution in [0.4, 0.5) is 11.4 Å². The van der Waals surface area contributed by atoms with Gasteiger partial charge < -0.3 is 20.1 Å². The number of amides is 2. The predicted octanol–water partition coefficient (Wildman–Crippen LogP) is 2.67. The van der Waals surface area contributed by atoms with Crippen LogP contribution >= 0.6 is 0 Å². The largest absolute Gasteiger partial charge is 0.486 e. The van der Waals surface area contributed by atoms with E-state index in [9.17, 15) is 9.59 Å². The van der Waals surface area contributed by atoms with Gasteiger partial charge in [0.1, 0.15) is 19.8 Å². The third-order valence-electron chi connectivity index (χ3n) is 3.74. The number of nitrogens with one attached hydrogen (secondary N) is 2. The number of nitrogens with zero attached hydrogens (tertiary/aromatic N) is 2. The first kappa shape index (κ1) is 18.8. The van der Waals surface area contributed by atoms with Crippen LogP contribution in [0.3, 0.4) is 0 Å². The van der Waals surface area contributed by atoms with Gasteiger partial charge in [-0.1, -0.05) is 20.8 Å². The molecule has 0 unspecified atom stereocenters. The number of anilines is 2. The Balaban J connectivity index is 1.54. The summed E-state index contributed by atoms with van der Waals surface area (Å²) in [6, 6.07) is 5.25. The Hall–Kier alpha value is -3.03. The number of rotatable bonds is 5. The Kier molecular flexibility index (Phi) is 5.34. The van der Waals surface area contributed by atoms with E-state index in [0.717, 1.165) is 0 Å². The van der Waals surface area contributed by atoms with Crippen LogP contribution in [0.5, 0.6) is 11.5 Å². The number of carbonyl (C=O) groups is 2. The van der Waals surface area contributed by atoms with Gasteiger partial charge in [-0.05, 0) is 17.5 Å². The lowest BCUT2D eigenvalue weighted by molar-refractivity contribution is -0.118. The van der Waals surface area contributed by atoms with Gasteiger partial charge in [-0.25, -0.2) is 0 Å². The first-order valence-electron chi connectivity index (χ1n) is 8.80. The van der Waals surface area contributed by atoms with E-state index in [0.29, 0.717) is 42.5 Å². The minimum Gasteiger partial charge on any atom is -0.486 e. The van der Waals surface area contributed by atoms with Crippen LogP contribution < -0.4 is 20.1 Å². The third kappa shape index (κ3) is 5.47. The fourth-order valence-corrected chi connectivity index (χ4v) is 2.67. The molecule has 8 nitrogen and oxygen atoms in total. The van der Waals surface area contributed by atoms with Gasteiger partial charge in [0.25, 0.3) is 0 Å². The monoisotopic (exact) mass is 372 g/mol. The van der Waals surface area contributed by atoms with E-state index in [2.05, 4.69) is 15.7 Å². The van der Waals surface area contributed by atoms with Gasteiger partial charge in [0, 0.05) is 24.4 Å². The van der Waals surface area contributed by atoms with Crippen molar-refractivity contribution in [3.05, 3.63) is 30.6 Å². The van der Waals surface area contributed by atoms with Gasteiger partial charge in [0.15, 0.2) is 11.5 Å². The van der Waals surface area contributed by atoms with Crippen LogP contribution in [-0.2, 0) is 16.1 Å². The molecular weight excluding hydrogens is 348 g/mol. The highest BCUT2D eigenvalue weighted by atomic mass is 16.6. The fourth-order valence-electron chi connectivity index (χ4n) is 2.67. The Labute approximate surface area is 157 Å². The van der Waals surface area contributed by atoms with Gasteiger partial charge in [-0.2, -0.15) is 5.10 Å². The molecule has 1 aliphatic heterocycles. The average Bonchev–Trinajstić information content (AvgIpc) is 2.99. The molecule has 0 saturated carbocycles. The average molecular weight is 372 g/mol. The summed E-state index contributed by atoms with van der Waals surface area (Å²) in [7, 11) is 0. The fraction of sp³-hybridized carbons (Fsp3) is 0.421. The zero-order valence-electron chi connectivity index (χ0n) is 15.7. The lowest BCUT2D eigenvalue weighted by Crippen LogP contribution is -2.20. The highest BCUT2D eigenvalue weighted by Gasteiger charge is 2.17. The summed E-state index contributed by atoms with van der Waals surface area (Å²) in [6.45, 7) is 7.03. The number of aromatic nitrogens is 2. The van der Waals surface area contributed by atoms with E-state index in [1.54, 1.807) is 24.4 Å². The zero-order chi connectivity index (χ0) is 19.4. The molecule has 8 heteroatoms. The molecule has 1 aromatic carbocycles. The highest BCUT2D eigenvalue weighted by Crippen LogP contribution is 2.32. The van der Waals surface area contributed by atoms with Crippen LogP contribution in [0.1, 0.15) is 27.2 Å². The van der Waals surface area contributed by atoms with Gasteiger partial charge in [-0.15, -0.1) is 0 Å². The molecule has 2 amide bonds. The number of hydrogen-bond donors (Lipinski definition) is 2. The highest BCUT2D eigenvalue weighted by molar-refractivity contribution is 5.92. The molecule has 0 radical (unpaired) electrons. The maximum absolute atomic E-state index is 12.2. The van der Waals surface area contributed by atoms with Crippen molar-refractivity contribution in [2.75, 3.05) is 23.8 Å². The van der Waals surface area contributed by atoms with Crippen molar-refractivity contribution in [1.29, 1.82) is 0 Å². The predicted molar refractivity (Wildman–Crippen MR) is 101 cm³/mol. The molecule has 3 rings (SSSR count). The first-order chi connectivity index (χ1) is 12.8. The van der Waals surface area contributed by atoms with Crippen molar-refractivity contribution in [2.45, 2.75) is 33.7 Å². The summed E-state index contributed by atoms with van der Waals surface area (Å²) in [4.78, 5) is 24.2. The molecular formula is C19H24N4O4. The third-order valence-corrected chi connectivity index (χ3v) is 3.74. The SMILES string of the molecule is CC(C)(C)CC(=O)Nc1cnn(CC(=O)Nc2ccc3c(c2)OCCO3)c1. The Morgan fingerprint density at radius 3 is 2.52 bits per heavy atom. The molecule has 2 heterocycles. The molecule has 1 aliphatic rings. The molecule has 0 bridgehead atoms. The molecule has 0 spiro atoms. The van der Waals surface area contributed by atoms with Crippen molar-refractivity contribution in [3.63, 3.8) is 0 Å². The van der Waals surface area contributed by atoms with Crippen LogP contribution in [0.25, 0.3) is 0 Å². The lowest BCUT2D eigenvalue weighted by Gasteiger charge is -2.19. The van der Waals surface area contributed by atoms with Crippen LogP contribution in [0.2, 0.25) is 0 Å². The van der Waals surface area contributed by atoms with Crippen molar-refractivity contribution < 1.29 is 19.1 Å². The van der Waals surface area contributed by atoms with Crippen molar-refractivity contribution in [1.82, 2.24) is 9.78 Å². The first-order valence-corrected chi connectivity index (χ1v) is 8.80. The second-order valence-corrected chi connectivity index (χ2v) is 7.62. The van der Waals surface area contributed by atoms with E-state index in [1.165, 1.54) is 10.9 Å². The minimum absolute atomic E-state index is 0.0313. The number of carbonyl (C=O) groups excluding carboxylic acids is 2. The zero-order valence-corrected chi connectivity index (χ0v) is 15.7. The lowest BCUT2D eigenvalue weighted by atomic mass is 9.92.